The first-order valence-corrected chi connectivity index (χ1v) is 9.78. The van der Waals surface area contributed by atoms with Gasteiger partial charge in [-0.2, -0.15) is 0 Å². The summed E-state index contributed by atoms with van der Waals surface area (Å²) >= 11 is 0. The van der Waals surface area contributed by atoms with Crippen LogP contribution in [0, 0.1) is 25.5 Å². The molecule has 0 atom stereocenters. The van der Waals surface area contributed by atoms with Crippen LogP contribution in [0.1, 0.15) is 29.5 Å². The summed E-state index contributed by atoms with van der Waals surface area (Å²) in [5.74, 6) is -1.25. The quantitative estimate of drug-likeness (QED) is 0.624. The number of amides is 1. The maximum absolute atomic E-state index is 13.8. The summed E-state index contributed by atoms with van der Waals surface area (Å²) in [4.78, 5) is 14.6. The molecule has 0 aliphatic carbocycles. The van der Waals surface area contributed by atoms with Gasteiger partial charge in [0, 0.05) is 42.9 Å². The number of hydrogen-bond donors (Lipinski definition) is 0. The molecule has 1 saturated heterocycles. The van der Waals surface area contributed by atoms with Crippen LogP contribution in [-0.4, -0.2) is 30.0 Å². The predicted molar refractivity (Wildman–Crippen MR) is 106 cm³/mol. The van der Waals surface area contributed by atoms with E-state index in [2.05, 4.69) is 0 Å². The molecule has 1 aliphatic heterocycles. The van der Waals surface area contributed by atoms with E-state index in [0.29, 0.717) is 25.9 Å². The van der Waals surface area contributed by atoms with Gasteiger partial charge in [-0.25, -0.2) is 8.78 Å². The summed E-state index contributed by atoms with van der Waals surface area (Å²) in [6.07, 6.45) is 2.97. The van der Waals surface area contributed by atoms with Crippen LogP contribution < -0.4 is 4.74 Å². The summed E-state index contributed by atoms with van der Waals surface area (Å²) in [5, 5.41) is 0.978. The lowest BCUT2D eigenvalue weighted by molar-refractivity contribution is -0.132. The van der Waals surface area contributed by atoms with Gasteiger partial charge in [-0.15, -0.1) is 0 Å². The third kappa shape index (κ3) is 3.97. The van der Waals surface area contributed by atoms with Gasteiger partial charge in [0.2, 0.25) is 5.91 Å². The lowest BCUT2D eigenvalue weighted by Crippen LogP contribution is -2.42. The Morgan fingerprint density at radius 3 is 2.66 bits per heavy atom. The molecule has 0 bridgehead atoms. The van der Waals surface area contributed by atoms with Gasteiger partial charge in [-0.05, 0) is 37.1 Å². The van der Waals surface area contributed by atoms with Crippen LogP contribution in [0.3, 0.4) is 0 Å². The van der Waals surface area contributed by atoms with Crippen LogP contribution in [0.25, 0.3) is 11.0 Å². The zero-order valence-electron chi connectivity index (χ0n) is 16.5. The standard InChI is InChI=1S/C23H23F2NO3/c1-14-3-5-19-16(13-28-23(19)15(14)2)11-22(27)26-9-7-18(8-10-26)29-21-6-4-17(24)12-20(21)25/h3-6,12-13,18H,7-11H2,1-2H3. The van der Waals surface area contributed by atoms with E-state index >= 15 is 0 Å². The number of benzene rings is 2. The molecule has 4 rings (SSSR count). The largest absolute Gasteiger partial charge is 0.487 e. The second-order valence-electron chi connectivity index (χ2n) is 7.59. The number of halogens is 2. The third-order valence-corrected chi connectivity index (χ3v) is 5.67. The van der Waals surface area contributed by atoms with Gasteiger partial charge < -0.3 is 14.1 Å². The molecule has 1 fully saturated rings. The van der Waals surface area contributed by atoms with Crippen molar-refractivity contribution in [1.82, 2.24) is 4.90 Å². The molecule has 1 aromatic heterocycles. The summed E-state index contributed by atoms with van der Waals surface area (Å²) in [6, 6.07) is 7.33. The average molecular weight is 399 g/mol. The summed E-state index contributed by atoms with van der Waals surface area (Å²) in [7, 11) is 0. The van der Waals surface area contributed by atoms with Gasteiger partial charge in [-0.1, -0.05) is 12.1 Å². The van der Waals surface area contributed by atoms with Gasteiger partial charge in [-0.3, -0.25) is 4.79 Å². The number of carbonyl (C=O) groups excluding carboxylic acids is 1. The molecule has 0 saturated carbocycles. The van der Waals surface area contributed by atoms with E-state index in [1.54, 1.807) is 11.2 Å². The van der Waals surface area contributed by atoms with Crippen LogP contribution in [0.5, 0.6) is 5.75 Å². The molecule has 3 aromatic rings. The van der Waals surface area contributed by atoms with Gasteiger partial charge >= 0.3 is 0 Å². The van der Waals surface area contributed by atoms with Crippen LogP contribution in [0.2, 0.25) is 0 Å². The number of nitrogens with zero attached hydrogens (tertiary/aromatic N) is 1. The van der Waals surface area contributed by atoms with E-state index in [1.807, 2.05) is 26.0 Å². The normalized spacial score (nSPS) is 15.1. The van der Waals surface area contributed by atoms with Gasteiger partial charge in [0.1, 0.15) is 17.5 Å². The molecular weight excluding hydrogens is 376 g/mol. The van der Waals surface area contributed by atoms with Gasteiger partial charge in [0.15, 0.2) is 11.6 Å². The Morgan fingerprint density at radius 2 is 1.93 bits per heavy atom. The molecule has 1 amide bonds. The van der Waals surface area contributed by atoms with Crippen molar-refractivity contribution in [2.75, 3.05) is 13.1 Å². The maximum Gasteiger partial charge on any atom is 0.227 e. The highest BCUT2D eigenvalue weighted by atomic mass is 19.1. The molecule has 0 unspecified atom stereocenters. The molecule has 0 N–H and O–H groups in total. The molecule has 2 heterocycles. The fourth-order valence-electron chi connectivity index (χ4n) is 3.77. The number of ether oxygens (including phenoxy) is 1. The van der Waals surface area contributed by atoms with Crippen LogP contribution >= 0.6 is 0 Å². The number of hydrogen-bond acceptors (Lipinski definition) is 3. The van der Waals surface area contributed by atoms with Gasteiger partial charge in [0.05, 0.1) is 12.7 Å². The van der Waals surface area contributed by atoms with E-state index in [1.165, 1.54) is 12.1 Å². The van der Waals surface area contributed by atoms with Crippen LogP contribution in [-0.2, 0) is 11.2 Å². The highest BCUT2D eigenvalue weighted by molar-refractivity contribution is 5.89. The lowest BCUT2D eigenvalue weighted by atomic mass is 10.0. The number of aryl methyl sites for hydroxylation is 2. The highest BCUT2D eigenvalue weighted by Crippen LogP contribution is 2.28. The molecule has 1 aliphatic rings. The summed E-state index contributed by atoms with van der Waals surface area (Å²) < 4.78 is 38.1. The first-order chi connectivity index (χ1) is 13.9. The molecule has 6 heteroatoms. The highest BCUT2D eigenvalue weighted by Gasteiger charge is 2.25. The minimum absolute atomic E-state index is 0.0392. The molecule has 4 nitrogen and oxygen atoms in total. The zero-order chi connectivity index (χ0) is 20.5. The minimum atomic E-state index is -0.708. The van der Waals surface area contributed by atoms with Crippen molar-refractivity contribution >= 4 is 16.9 Å². The number of rotatable bonds is 4. The van der Waals surface area contributed by atoms with Crippen molar-refractivity contribution in [2.24, 2.45) is 0 Å². The van der Waals surface area contributed by atoms with Crippen LogP contribution in [0.15, 0.2) is 41.0 Å². The minimum Gasteiger partial charge on any atom is -0.487 e. The number of piperidine rings is 1. The van der Waals surface area contributed by atoms with Crippen molar-refractivity contribution in [1.29, 1.82) is 0 Å². The van der Waals surface area contributed by atoms with Crippen molar-refractivity contribution in [3.05, 3.63) is 64.9 Å². The topological polar surface area (TPSA) is 42.7 Å². The zero-order valence-corrected chi connectivity index (χ0v) is 16.5. The van der Waals surface area contributed by atoms with E-state index in [9.17, 15) is 13.6 Å². The Morgan fingerprint density at radius 1 is 1.17 bits per heavy atom. The number of fused-ring (bicyclic) bond motifs is 1. The average Bonchev–Trinajstić information content (AvgIpc) is 3.11. The molecular formula is C23H23F2NO3. The Kier molecular flexibility index (Phi) is 5.26. The first kappa shape index (κ1) is 19.4. The van der Waals surface area contributed by atoms with E-state index < -0.39 is 11.6 Å². The number of carbonyl (C=O) groups is 1. The first-order valence-electron chi connectivity index (χ1n) is 9.78. The Labute approximate surface area is 168 Å². The second-order valence-corrected chi connectivity index (χ2v) is 7.59. The third-order valence-electron chi connectivity index (χ3n) is 5.67. The predicted octanol–water partition coefficient (Wildman–Crippen LogP) is 4.94. The number of likely N-dealkylation sites (tertiary alicyclic amines) is 1. The van der Waals surface area contributed by atoms with E-state index in [0.717, 1.165) is 33.7 Å². The van der Waals surface area contributed by atoms with Gasteiger partial charge in [0.25, 0.3) is 0 Å². The van der Waals surface area contributed by atoms with Crippen molar-refractivity contribution in [3.8, 4) is 5.75 Å². The Hall–Kier alpha value is -2.89. The van der Waals surface area contributed by atoms with Crippen molar-refractivity contribution in [3.63, 3.8) is 0 Å². The van der Waals surface area contributed by atoms with Crippen molar-refractivity contribution in [2.45, 2.75) is 39.2 Å². The molecule has 29 heavy (non-hydrogen) atoms. The summed E-state index contributed by atoms with van der Waals surface area (Å²) in [6.45, 7) is 5.13. The second kappa shape index (κ2) is 7.85. The SMILES string of the molecule is Cc1ccc2c(CC(=O)N3CCC(Oc4ccc(F)cc4F)CC3)coc2c1C. The monoisotopic (exact) mass is 399 g/mol. The van der Waals surface area contributed by atoms with Crippen molar-refractivity contribution < 1.29 is 22.7 Å². The fourth-order valence-corrected chi connectivity index (χ4v) is 3.77. The van der Waals surface area contributed by atoms with E-state index in [-0.39, 0.29) is 24.2 Å². The Balaban J connectivity index is 1.36. The lowest BCUT2D eigenvalue weighted by Gasteiger charge is -2.32. The Bertz CT molecular complexity index is 1050. The fraction of sp³-hybridized carbons (Fsp3) is 0.348. The smallest absolute Gasteiger partial charge is 0.227 e. The van der Waals surface area contributed by atoms with Crippen LogP contribution in [0.4, 0.5) is 8.78 Å². The molecule has 0 radical (unpaired) electrons. The summed E-state index contributed by atoms with van der Waals surface area (Å²) in [5.41, 5.74) is 3.97. The van der Waals surface area contributed by atoms with E-state index in [4.69, 9.17) is 9.15 Å². The molecule has 0 spiro atoms. The molecule has 2 aromatic carbocycles. The number of furan rings is 1. The molecule has 152 valence electrons. The maximum atomic E-state index is 13.8.